The van der Waals surface area contributed by atoms with Crippen LogP contribution in [0.4, 0.5) is 0 Å². The lowest BCUT2D eigenvalue weighted by molar-refractivity contribution is 0.273. The van der Waals surface area contributed by atoms with Gasteiger partial charge in [-0.3, -0.25) is 4.90 Å². The summed E-state index contributed by atoms with van der Waals surface area (Å²) >= 11 is 0. The third-order valence-corrected chi connectivity index (χ3v) is 4.16. The molecule has 1 N–H and O–H groups in total. The second-order valence-electron chi connectivity index (χ2n) is 7.55. The fourth-order valence-corrected chi connectivity index (χ4v) is 2.74. The van der Waals surface area contributed by atoms with E-state index in [1.165, 1.54) is 25.1 Å². The summed E-state index contributed by atoms with van der Waals surface area (Å²) in [7, 11) is 0. The molecule has 1 aromatic heterocycles. The van der Waals surface area contributed by atoms with E-state index in [-0.39, 0.29) is 5.54 Å². The molecular weight excluding hydrogens is 248 g/mol. The zero-order valence-corrected chi connectivity index (χ0v) is 13.7. The summed E-state index contributed by atoms with van der Waals surface area (Å²) in [5.74, 6) is 2.75. The van der Waals surface area contributed by atoms with Crippen LogP contribution >= 0.6 is 0 Å². The molecule has 1 fully saturated rings. The molecule has 1 aromatic rings. The van der Waals surface area contributed by atoms with Crippen LogP contribution in [0.5, 0.6) is 0 Å². The van der Waals surface area contributed by atoms with E-state index in [1.54, 1.807) is 0 Å². The number of rotatable bonds is 5. The molecule has 20 heavy (non-hydrogen) atoms. The molecule has 1 unspecified atom stereocenters. The minimum Gasteiger partial charge on any atom is -0.468 e. The highest BCUT2D eigenvalue weighted by Gasteiger charge is 2.25. The smallest absolute Gasteiger partial charge is 0.118 e. The van der Waals surface area contributed by atoms with Crippen molar-refractivity contribution >= 4 is 0 Å². The van der Waals surface area contributed by atoms with Gasteiger partial charge in [-0.1, -0.05) is 13.8 Å². The van der Waals surface area contributed by atoms with Crippen LogP contribution in [0, 0.1) is 11.8 Å². The van der Waals surface area contributed by atoms with Crippen LogP contribution in [0.25, 0.3) is 0 Å². The lowest BCUT2D eigenvalue weighted by atomic mass is 9.95. The Kier molecular flexibility index (Phi) is 4.92. The standard InChI is InChI=1S/C17H30N2O/c1-13(2)15-6-7-19(10-15)11-16-8-14(12-20-16)9-18-17(3,4)5/h8,12-13,15,18H,6-7,9-11H2,1-5H3. The topological polar surface area (TPSA) is 28.4 Å². The molecule has 0 spiro atoms. The molecule has 2 rings (SSSR count). The maximum absolute atomic E-state index is 5.71. The van der Waals surface area contributed by atoms with Gasteiger partial charge in [-0.2, -0.15) is 0 Å². The van der Waals surface area contributed by atoms with E-state index in [4.69, 9.17) is 4.42 Å². The van der Waals surface area contributed by atoms with Crippen LogP contribution < -0.4 is 5.32 Å². The summed E-state index contributed by atoms with van der Waals surface area (Å²) in [6.07, 6.45) is 3.22. The quantitative estimate of drug-likeness (QED) is 0.891. The molecule has 114 valence electrons. The third-order valence-electron chi connectivity index (χ3n) is 4.16. The third kappa shape index (κ3) is 4.64. The number of nitrogens with zero attached hydrogens (tertiary/aromatic N) is 1. The summed E-state index contributed by atoms with van der Waals surface area (Å²) in [4.78, 5) is 2.52. The molecule has 1 atom stereocenters. The average molecular weight is 278 g/mol. The van der Waals surface area contributed by atoms with Gasteiger partial charge in [-0.25, -0.2) is 0 Å². The number of hydrogen-bond acceptors (Lipinski definition) is 3. The van der Waals surface area contributed by atoms with Crippen LogP contribution in [0.1, 0.15) is 52.4 Å². The van der Waals surface area contributed by atoms with Crippen LogP contribution in [0.3, 0.4) is 0 Å². The molecular formula is C17H30N2O. The second kappa shape index (κ2) is 6.31. The molecule has 0 radical (unpaired) electrons. The largest absolute Gasteiger partial charge is 0.468 e. The summed E-state index contributed by atoms with van der Waals surface area (Å²) in [6.45, 7) is 15.5. The van der Waals surface area contributed by atoms with Gasteiger partial charge in [0, 0.05) is 24.2 Å². The van der Waals surface area contributed by atoms with Crippen molar-refractivity contribution in [1.29, 1.82) is 0 Å². The Morgan fingerprint density at radius 3 is 2.75 bits per heavy atom. The van der Waals surface area contributed by atoms with E-state index in [2.05, 4.69) is 50.9 Å². The summed E-state index contributed by atoms with van der Waals surface area (Å²) < 4.78 is 5.71. The van der Waals surface area contributed by atoms with E-state index in [1.807, 2.05) is 6.26 Å². The van der Waals surface area contributed by atoms with Crippen molar-refractivity contribution in [3.05, 3.63) is 23.7 Å². The Balaban J connectivity index is 1.81. The molecule has 1 aliphatic rings. The van der Waals surface area contributed by atoms with E-state index >= 15 is 0 Å². The number of nitrogens with one attached hydrogen (secondary N) is 1. The van der Waals surface area contributed by atoms with Crippen LogP contribution in [0.2, 0.25) is 0 Å². The van der Waals surface area contributed by atoms with Crippen molar-refractivity contribution in [2.75, 3.05) is 13.1 Å². The fraction of sp³-hybridized carbons (Fsp3) is 0.765. The van der Waals surface area contributed by atoms with E-state index in [0.717, 1.165) is 30.7 Å². The zero-order chi connectivity index (χ0) is 14.8. The lowest BCUT2D eigenvalue weighted by Gasteiger charge is -2.19. The summed E-state index contributed by atoms with van der Waals surface area (Å²) in [5.41, 5.74) is 1.39. The number of furan rings is 1. The molecule has 0 aliphatic carbocycles. The number of likely N-dealkylation sites (tertiary alicyclic amines) is 1. The minimum atomic E-state index is 0.150. The molecule has 0 saturated carbocycles. The lowest BCUT2D eigenvalue weighted by Crippen LogP contribution is -2.34. The molecule has 0 bridgehead atoms. The summed E-state index contributed by atoms with van der Waals surface area (Å²) in [6, 6.07) is 2.20. The first kappa shape index (κ1) is 15.6. The predicted octanol–water partition coefficient (Wildman–Crippen LogP) is 3.65. The Hall–Kier alpha value is -0.800. The molecule has 0 aromatic carbocycles. The Bertz CT molecular complexity index is 417. The van der Waals surface area contributed by atoms with Crippen LogP contribution in [-0.4, -0.2) is 23.5 Å². The SMILES string of the molecule is CC(C)C1CCN(Cc2cc(CNC(C)(C)C)co2)C1. The van der Waals surface area contributed by atoms with Gasteiger partial charge in [0.25, 0.3) is 0 Å². The molecule has 1 aliphatic heterocycles. The monoisotopic (exact) mass is 278 g/mol. The van der Waals surface area contributed by atoms with Gasteiger partial charge in [-0.15, -0.1) is 0 Å². The van der Waals surface area contributed by atoms with Crippen molar-refractivity contribution in [2.24, 2.45) is 11.8 Å². The first-order valence-electron chi connectivity index (χ1n) is 7.87. The van der Waals surface area contributed by atoms with Crippen molar-refractivity contribution in [2.45, 2.75) is 59.7 Å². The average Bonchev–Trinajstić information content (AvgIpc) is 2.95. The van der Waals surface area contributed by atoms with Gasteiger partial charge in [-0.05, 0) is 51.6 Å². The Labute approximate surface area is 123 Å². The van der Waals surface area contributed by atoms with Gasteiger partial charge in [0.1, 0.15) is 5.76 Å². The van der Waals surface area contributed by atoms with Crippen molar-refractivity contribution in [3.8, 4) is 0 Å². The highest BCUT2D eigenvalue weighted by Crippen LogP contribution is 2.25. The normalized spacial score (nSPS) is 21.0. The van der Waals surface area contributed by atoms with E-state index in [0.29, 0.717) is 0 Å². The Morgan fingerprint density at radius 2 is 2.15 bits per heavy atom. The number of hydrogen-bond donors (Lipinski definition) is 1. The second-order valence-corrected chi connectivity index (χ2v) is 7.55. The van der Waals surface area contributed by atoms with E-state index in [9.17, 15) is 0 Å². The first-order chi connectivity index (χ1) is 9.33. The first-order valence-corrected chi connectivity index (χ1v) is 7.87. The van der Waals surface area contributed by atoms with Crippen LogP contribution in [-0.2, 0) is 13.1 Å². The molecule has 3 nitrogen and oxygen atoms in total. The molecule has 1 saturated heterocycles. The van der Waals surface area contributed by atoms with Crippen molar-refractivity contribution in [3.63, 3.8) is 0 Å². The van der Waals surface area contributed by atoms with Gasteiger partial charge < -0.3 is 9.73 Å². The predicted molar refractivity (Wildman–Crippen MR) is 83.5 cm³/mol. The van der Waals surface area contributed by atoms with Gasteiger partial charge in [0.2, 0.25) is 0 Å². The van der Waals surface area contributed by atoms with Gasteiger partial charge >= 0.3 is 0 Å². The molecule has 0 amide bonds. The zero-order valence-electron chi connectivity index (χ0n) is 13.7. The molecule has 2 heterocycles. The highest BCUT2D eigenvalue weighted by molar-refractivity contribution is 5.13. The maximum Gasteiger partial charge on any atom is 0.118 e. The minimum absolute atomic E-state index is 0.150. The maximum atomic E-state index is 5.71. The van der Waals surface area contributed by atoms with Crippen molar-refractivity contribution in [1.82, 2.24) is 10.2 Å². The fourth-order valence-electron chi connectivity index (χ4n) is 2.74. The van der Waals surface area contributed by atoms with E-state index < -0.39 is 0 Å². The van der Waals surface area contributed by atoms with Gasteiger partial charge in [0.05, 0.1) is 12.8 Å². The highest BCUT2D eigenvalue weighted by atomic mass is 16.3. The van der Waals surface area contributed by atoms with Crippen molar-refractivity contribution < 1.29 is 4.42 Å². The Morgan fingerprint density at radius 1 is 1.40 bits per heavy atom. The summed E-state index contributed by atoms with van der Waals surface area (Å²) in [5, 5.41) is 3.49. The molecule has 3 heteroatoms. The van der Waals surface area contributed by atoms with Crippen LogP contribution in [0.15, 0.2) is 16.7 Å². The van der Waals surface area contributed by atoms with Gasteiger partial charge in [0.15, 0.2) is 0 Å².